The maximum atomic E-state index is 6.53. The number of ether oxygens (including phenoxy) is 1. The van der Waals surface area contributed by atoms with Crippen molar-refractivity contribution < 1.29 is 4.74 Å². The molecule has 2 N–H and O–H groups in total. The molecule has 2 aliphatic heterocycles. The first-order valence-corrected chi connectivity index (χ1v) is 7.47. The summed E-state index contributed by atoms with van der Waals surface area (Å²) >= 11 is 0. The van der Waals surface area contributed by atoms with E-state index in [0.29, 0.717) is 18.1 Å². The fourth-order valence-electron chi connectivity index (χ4n) is 3.75. The predicted octanol–water partition coefficient (Wildman–Crippen LogP) is 2.71. The summed E-state index contributed by atoms with van der Waals surface area (Å²) in [4.78, 5) is 2.61. The van der Waals surface area contributed by atoms with E-state index >= 15 is 0 Å². The van der Waals surface area contributed by atoms with Gasteiger partial charge in [0, 0.05) is 17.6 Å². The van der Waals surface area contributed by atoms with E-state index in [1.807, 2.05) is 12.1 Å². The normalized spacial score (nSPS) is 34.9. The first-order chi connectivity index (χ1) is 9.22. The summed E-state index contributed by atoms with van der Waals surface area (Å²) in [5.74, 6) is 0.964. The molecule has 0 bridgehead atoms. The van der Waals surface area contributed by atoms with Crippen LogP contribution in [-0.2, 0) is 0 Å². The van der Waals surface area contributed by atoms with Crippen LogP contribution < -0.4 is 10.5 Å². The van der Waals surface area contributed by atoms with Crippen LogP contribution in [0.1, 0.15) is 44.7 Å². The fourth-order valence-corrected chi connectivity index (χ4v) is 3.75. The molecule has 1 saturated heterocycles. The van der Waals surface area contributed by atoms with Crippen molar-refractivity contribution in [3.05, 3.63) is 29.8 Å². The zero-order valence-corrected chi connectivity index (χ0v) is 11.9. The molecule has 4 atom stereocenters. The second-order valence-electron chi connectivity index (χ2n) is 5.88. The van der Waals surface area contributed by atoms with Crippen LogP contribution in [-0.4, -0.2) is 29.6 Å². The number of rotatable bonds is 2. The van der Waals surface area contributed by atoms with Gasteiger partial charge in [0.25, 0.3) is 0 Å². The highest BCUT2D eigenvalue weighted by Crippen LogP contribution is 2.37. The number of benzene rings is 1. The Morgan fingerprint density at radius 3 is 2.89 bits per heavy atom. The number of hydrogen-bond acceptors (Lipinski definition) is 3. The predicted molar refractivity (Wildman–Crippen MR) is 77.3 cm³/mol. The van der Waals surface area contributed by atoms with Gasteiger partial charge in [-0.2, -0.15) is 0 Å². The lowest BCUT2D eigenvalue weighted by Gasteiger charge is -2.42. The SMILES string of the molecule is CCC1CCC(C)N1C1COc2ccccc2C1N. The largest absolute Gasteiger partial charge is 0.492 e. The molecule has 0 spiro atoms. The van der Waals surface area contributed by atoms with Crippen LogP contribution >= 0.6 is 0 Å². The van der Waals surface area contributed by atoms with Crippen LogP contribution in [0.25, 0.3) is 0 Å². The molecule has 1 fully saturated rings. The highest BCUT2D eigenvalue weighted by molar-refractivity contribution is 5.38. The number of nitrogens with zero attached hydrogens (tertiary/aromatic N) is 1. The van der Waals surface area contributed by atoms with Crippen molar-refractivity contribution in [3.8, 4) is 5.75 Å². The molecule has 0 radical (unpaired) electrons. The maximum Gasteiger partial charge on any atom is 0.124 e. The van der Waals surface area contributed by atoms with Crippen molar-refractivity contribution in [1.29, 1.82) is 0 Å². The average molecular weight is 260 g/mol. The minimum atomic E-state index is 0.0690. The lowest BCUT2D eigenvalue weighted by atomic mass is 9.94. The van der Waals surface area contributed by atoms with Gasteiger partial charge in [0.15, 0.2) is 0 Å². The van der Waals surface area contributed by atoms with Gasteiger partial charge >= 0.3 is 0 Å². The van der Waals surface area contributed by atoms with Gasteiger partial charge in [0.2, 0.25) is 0 Å². The Morgan fingerprint density at radius 2 is 2.11 bits per heavy atom. The zero-order chi connectivity index (χ0) is 13.4. The molecule has 1 aromatic rings. The Kier molecular flexibility index (Phi) is 3.50. The van der Waals surface area contributed by atoms with Crippen molar-refractivity contribution >= 4 is 0 Å². The van der Waals surface area contributed by atoms with Gasteiger partial charge in [0.1, 0.15) is 12.4 Å². The van der Waals surface area contributed by atoms with E-state index in [1.54, 1.807) is 0 Å². The van der Waals surface area contributed by atoms with Crippen molar-refractivity contribution in [2.45, 2.75) is 57.3 Å². The van der Waals surface area contributed by atoms with Gasteiger partial charge in [-0.1, -0.05) is 25.1 Å². The first kappa shape index (κ1) is 12.9. The van der Waals surface area contributed by atoms with E-state index in [1.165, 1.54) is 19.3 Å². The van der Waals surface area contributed by atoms with E-state index in [0.717, 1.165) is 17.9 Å². The van der Waals surface area contributed by atoms with E-state index in [4.69, 9.17) is 10.5 Å². The van der Waals surface area contributed by atoms with E-state index < -0.39 is 0 Å². The highest BCUT2D eigenvalue weighted by atomic mass is 16.5. The van der Waals surface area contributed by atoms with Crippen molar-refractivity contribution in [2.24, 2.45) is 5.73 Å². The van der Waals surface area contributed by atoms with Crippen LogP contribution in [0.5, 0.6) is 5.75 Å². The van der Waals surface area contributed by atoms with Gasteiger partial charge in [-0.05, 0) is 32.3 Å². The Balaban J connectivity index is 1.87. The Labute approximate surface area is 115 Å². The number of para-hydroxylation sites is 1. The molecular formula is C16H24N2O. The molecule has 2 heterocycles. The molecule has 3 nitrogen and oxygen atoms in total. The molecule has 0 aromatic heterocycles. The summed E-state index contributed by atoms with van der Waals surface area (Å²) in [6, 6.07) is 9.87. The average Bonchev–Trinajstić information content (AvgIpc) is 2.81. The van der Waals surface area contributed by atoms with Gasteiger partial charge in [-0.3, -0.25) is 4.90 Å². The number of likely N-dealkylation sites (tertiary alicyclic amines) is 1. The van der Waals surface area contributed by atoms with Gasteiger partial charge in [-0.25, -0.2) is 0 Å². The molecule has 1 aromatic carbocycles. The molecule has 0 amide bonds. The summed E-state index contributed by atoms with van der Waals surface area (Å²) in [7, 11) is 0. The minimum absolute atomic E-state index is 0.0690. The number of hydrogen-bond donors (Lipinski definition) is 1. The monoisotopic (exact) mass is 260 g/mol. The van der Waals surface area contributed by atoms with Crippen LogP contribution in [0, 0.1) is 0 Å². The van der Waals surface area contributed by atoms with Crippen molar-refractivity contribution in [1.82, 2.24) is 4.90 Å². The molecule has 104 valence electrons. The lowest BCUT2D eigenvalue weighted by Crippen LogP contribution is -2.52. The third kappa shape index (κ3) is 2.15. The molecule has 4 unspecified atom stereocenters. The van der Waals surface area contributed by atoms with Gasteiger partial charge in [-0.15, -0.1) is 0 Å². The molecule has 3 rings (SSSR count). The Hall–Kier alpha value is -1.06. The summed E-state index contributed by atoms with van der Waals surface area (Å²) in [6.45, 7) is 5.32. The molecule has 0 aliphatic carbocycles. The minimum Gasteiger partial charge on any atom is -0.492 e. The standard InChI is InChI=1S/C16H24N2O/c1-3-12-9-8-11(2)18(12)14-10-19-15-7-5-4-6-13(15)16(14)17/h4-7,11-12,14,16H,3,8-10,17H2,1-2H3. The first-order valence-electron chi connectivity index (χ1n) is 7.47. The van der Waals surface area contributed by atoms with Gasteiger partial charge in [0.05, 0.1) is 12.1 Å². The summed E-state index contributed by atoms with van der Waals surface area (Å²) < 4.78 is 5.94. The van der Waals surface area contributed by atoms with E-state index in [2.05, 4.69) is 30.9 Å². The fraction of sp³-hybridized carbons (Fsp3) is 0.625. The lowest BCUT2D eigenvalue weighted by molar-refractivity contribution is 0.0605. The second kappa shape index (κ2) is 5.14. The van der Waals surface area contributed by atoms with E-state index in [-0.39, 0.29) is 6.04 Å². The van der Waals surface area contributed by atoms with Gasteiger partial charge < -0.3 is 10.5 Å². The topological polar surface area (TPSA) is 38.5 Å². The molecule has 2 aliphatic rings. The quantitative estimate of drug-likeness (QED) is 0.888. The second-order valence-corrected chi connectivity index (χ2v) is 5.88. The summed E-state index contributed by atoms with van der Waals surface area (Å²) in [5, 5.41) is 0. The maximum absolute atomic E-state index is 6.53. The third-order valence-corrected chi connectivity index (χ3v) is 4.80. The summed E-state index contributed by atoms with van der Waals surface area (Å²) in [6.07, 6.45) is 3.78. The zero-order valence-electron chi connectivity index (χ0n) is 11.9. The van der Waals surface area contributed by atoms with E-state index in [9.17, 15) is 0 Å². The Bertz CT molecular complexity index is 448. The number of fused-ring (bicyclic) bond motifs is 1. The third-order valence-electron chi connectivity index (χ3n) is 4.80. The molecular weight excluding hydrogens is 236 g/mol. The smallest absolute Gasteiger partial charge is 0.124 e. The highest BCUT2D eigenvalue weighted by Gasteiger charge is 2.40. The summed E-state index contributed by atoms with van der Waals surface area (Å²) in [5.41, 5.74) is 7.69. The number of nitrogens with two attached hydrogens (primary N) is 1. The van der Waals surface area contributed by atoms with Crippen molar-refractivity contribution in [2.75, 3.05) is 6.61 Å². The molecule has 0 saturated carbocycles. The Morgan fingerprint density at radius 1 is 1.32 bits per heavy atom. The molecule has 3 heteroatoms. The molecule has 19 heavy (non-hydrogen) atoms. The van der Waals surface area contributed by atoms with Crippen LogP contribution in [0.4, 0.5) is 0 Å². The van der Waals surface area contributed by atoms with Crippen LogP contribution in [0.3, 0.4) is 0 Å². The van der Waals surface area contributed by atoms with Crippen molar-refractivity contribution in [3.63, 3.8) is 0 Å². The van der Waals surface area contributed by atoms with Crippen LogP contribution in [0.15, 0.2) is 24.3 Å². The van der Waals surface area contributed by atoms with Crippen LogP contribution in [0.2, 0.25) is 0 Å².